The van der Waals surface area contributed by atoms with E-state index < -0.39 is 0 Å². The van der Waals surface area contributed by atoms with E-state index in [1.807, 2.05) is 42.0 Å². The summed E-state index contributed by atoms with van der Waals surface area (Å²) < 4.78 is 17.1. The van der Waals surface area contributed by atoms with Crippen molar-refractivity contribution in [2.75, 3.05) is 5.32 Å². The standard InChI is InChI=1S/C25H20FN5/c1-4-11-27-17-8-10-22(20(26)13-17)31-16(3)24(18-6-5-12-28-25(18)31)23-15(2)7-9-21-19(23)14-29-30-21/h5-10,12-14,27H,1-3H3,(H,29,30). The number of H-pyrrole nitrogens is 1. The van der Waals surface area contributed by atoms with Gasteiger partial charge in [-0.15, -0.1) is 0 Å². The van der Waals surface area contributed by atoms with Crippen molar-refractivity contribution in [1.29, 1.82) is 0 Å². The first-order valence-electron chi connectivity index (χ1n) is 9.97. The Bertz CT molecular complexity index is 1510. The molecule has 2 N–H and O–H groups in total. The molecule has 0 aliphatic heterocycles. The van der Waals surface area contributed by atoms with Crippen LogP contribution in [0.15, 0.2) is 54.9 Å². The molecular weight excluding hydrogens is 389 g/mol. The van der Waals surface area contributed by atoms with Gasteiger partial charge in [-0.1, -0.05) is 12.0 Å². The summed E-state index contributed by atoms with van der Waals surface area (Å²) in [7, 11) is 0. The van der Waals surface area contributed by atoms with Crippen molar-refractivity contribution in [3.63, 3.8) is 0 Å². The predicted octanol–water partition coefficient (Wildman–Crippen LogP) is 5.72. The minimum atomic E-state index is -0.349. The van der Waals surface area contributed by atoms with Crippen LogP contribution in [0.1, 0.15) is 18.2 Å². The van der Waals surface area contributed by atoms with Crippen LogP contribution >= 0.6 is 0 Å². The highest BCUT2D eigenvalue weighted by Gasteiger charge is 2.22. The third-order valence-corrected chi connectivity index (χ3v) is 5.57. The molecule has 0 atom stereocenters. The Kier molecular flexibility index (Phi) is 4.45. The second kappa shape index (κ2) is 7.29. The van der Waals surface area contributed by atoms with Crippen molar-refractivity contribution in [2.45, 2.75) is 20.8 Å². The quantitative estimate of drug-likeness (QED) is 0.296. The molecule has 3 aromatic heterocycles. The van der Waals surface area contributed by atoms with Gasteiger partial charge < -0.3 is 5.32 Å². The highest BCUT2D eigenvalue weighted by atomic mass is 19.1. The lowest BCUT2D eigenvalue weighted by atomic mass is 9.95. The van der Waals surface area contributed by atoms with Crippen molar-refractivity contribution in [2.24, 2.45) is 0 Å². The van der Waals surface area contributed by atoms with Crippen molar-refractivity contribution in [3.05, 3.63) is 71.9 Å². The fourth-order valence-electron chi connectivity index (χ4n) is 4.21. The number of hydrogen-bond acceptors (Lipinski definition) is 3. The van der Waals surface area contributed by atoms with Crippen LogP contribution in [-0.2, 0) is 0 Å². The summed E-state index contributed by atoms with van der Waals surface area (Å²) in [6.45, 7) is 5.81. The van der Waals surface area contributed by atoms with Gasteiger partial charge in [0.2, 0.25) is 0 Å². The van der Waals surface area contributed by atoms with Crippen LogP contribution in [0.3, 0.4) is 0 Å². The molecule has 0 fully saturated rings. The molecule has 0 bridgehead atoms. The summed E-state index contributed by atoms with van der Waals surface area (Å²) >= 11 is 0. The van der Waals surface area contributed by atoms with E-state index in [-0.39, 0.29) is 5.82 Å². The Labute approximate surface area is 178 Å². The Morgan fingerprint density at radius 3 is 2.74 bits per heavy atom. The molecule has 0 saturated carbocycles. The number of fused-ring (bicyclic) bond motifs is 2. The second-order valence-electron chi connectivity index (χ2n) is 7.43. The maximum Gasteiger partial charge on any atom is 0.149 e. The van der Waals surface area contributed by atoms with E-state index >= 15 is 4.39 Å². The first kappa shape index (κ1) is 18.9. The van der Waals surface area contributed by atoms with Crippen LogP contribution < -0.4 is 5.32 Å². The number of rotatable bonds is 3. The third-order valence-electron chi connectivity index (χ3n) is 5.57. The fourth-order valence-corrected chi connectivity index (χ4v) is 4.21. The van der Waals surface area contributed by atoms with Crippen molar-refractivity contribution in [1.82, 2.24) is 19.7 Å². The van der Waals surface area contributed by atoms with Crippen LogP contribution in [0, 0.1) is 31.6 Å². The van der Waals surface area contributed by atoms with Gasteiger partial charge in [0.05, 0.1) is 17.4 Å². The third kappa shape index (κ3) is 2.94. The van der Waals surface area contributed by atoms with E-state index in [1.54, 1.807) is 19.2 Å². The average Bonchev–Trinajstić information content (AvgIpc) is 3.35. The second-order valence-corrected chi connectivity index (χ2v) is 7.43. The molecule has 0 spiro atoms. The maximum atomic E-state index is 15.2. The largest absolute Gasteiger partial charge is 0.315 e. The number of nitrogens with zero attached hydrogens (tertiary/aromatic N) is 3. The molecule has 0 amide bonds. The van der Waals surface area contributed by atoms with E-state index in [0.29, 0.717) is 17.0 Å². The van der Waals surface area contributed by atoms with Gasteiger partial charge in [0.15, 0.2) is 0 Å². The van der Waals surface area contributed by atoms with Gasteiger partial charge in [0, 0.05) is 46.0 Å². The number of pyridine rings is 1. The van der Waals surface area contributed by atoms with Crippen LogP contribution in [0.5, 0.6) is 0 Å². The van der Waals surface area contributed by atoms with E-state index in [9.17, 15) is 0 Å². The Hall–Kier alpha value is -4.11. The summed E-state index contributed by atoms with van der Waals surface area (Å²) in [5.74, 6) is 2.40. The van der Waals surface area contributed by atoms with Gasteiger partial charge in [0.25, 0.3) is 0 Å². The molecule has 0 radical (unpaired) electrons. The SMILES string of the molecule is CC#CNc1ccc(-n2c(C)c(-c3c(C)ccc4[nH]ncc34)c3cccnc32)c(F)c1. The smallest absolute Gasteiger partial charge is 0.149 e. The summed E-state index contributed by atoms with van der Waals surface area (Å²) in [4.78, 5) is 4.61. The number of anilines is 1. The Balaban J connectivity index is 1.81. The molecule has 31 heavy (non-hydrogen) atoms. The molecule has 0 saturated heterocycles. The Morgan fingerprint density at radius 2 is 1.94 bits per heavy atom. The topological polar surface area (TPSA) is 58.5 Å². The van der Waals surface area contributed by atoms with Gasteiger partial charge in [-0.05, 0) is 62.2 Å². The molecule has 0 aliphatic carbocycles. The highest BCUT2D eigenvalue weighted by Crippen LogP contribution is 2.40. The lowest BCUT2D eigenvalue weighted by Crippen LogP contribution is -2.02. The van der Waals surface area contributed by atoms with Crippen LogP contribution in [0.4, 0.5) is 10.1 Å². The normalized spacial score (nSPS) is 11.0. The minimum absolute atomic E-state index is 0.349. The summed E-state index contributed by atoms with van der Waals surface area (Å²) in [5.41, 5.74) is 6.88. The zero-order valence-electron chi connectivity index (χ0n) is 17.4. The number of nitrogens with one attached hydrogen (secondary N) is 2. The highest BCUT2D eigenvalue weighted by molar-refractivity contribution is 6.06. The molecule has 5 aromatic rings. The van der Waals surface area contributed by atoms with Crippen LogP contribution in [0.2, 0.25) is 0 Å². The molecule has 0 unspecified atom stereocenters. The first-order valence-corrected chi connectivity index (χ1v) is 9.97. The lowest BCUT2D eigenvalue weighted by Gasteiger charge is -2.12. The summed E-state index contributed by atoms with van der Waals surface area (Å²) in [5, 5.41) is 12.2. The zero-order chi connectivity index (χ0) is 21.5. The van der Waals surface area contributed by atoms with Gasteiger partial charge in [0.1, 0.15) is 11.5 Å². The minimum Gasteiger partial charge on any atom is -0.315 e. The van der Waals surface area contributed by atoms with E-state index in [2.05, 4.69) is 45.5 Å². The van der Waals surface area contributed by atoms with Crippen molar-refractivity contribution < 1.29 is 4.39 Å². The molecular formula is C25H20FN5. The fraction of sp³-hybridized carbons (Fsp3) is 0.120. The first-order chi connectivity index (χ1) is 15.1. The molecule has 6 heteroatoms. The number of aryl methyl sites for hydroxylation is 1. The summed E-state index contributed by atoms with van der Waals surface area (Å²) in [6, 6.07) is 15.8. The van der Waals surface area contributed by atoms with Crippen molar-refractivity contribution in [3.8, 4) is 28.8 Å². The van der Waals surface area contributed by atoms with Crippen molar-refractivity contribution >= 4 is 27.6 Å². The zero-order valence-corrected chi connectivity index (χ0v) is 17.4. The molecule has 0 aliphatic rings. The summed E-state index contributed by atoms with van der Waals surface area (Å²) in [6.07, 6.45) is 3.57. The number of benzene rings is 2. The Morgan fingerprint density at radius 1 is 1.06 bits per heavy atom. The van der Waals surface area contributed by atoms with Crippen LogP contribution in [0.25, 0.3) is 38.8 Å². The van der Waals surface area contributed by atoms with Gasteiger partial charge >= 0.3 is 0 Å². The molecule has 5 rings (SSSR count). The average molecular weight is 409 g/mol. The van der Waals surface area contributed by atoms with Gasteiger partial charge in [-0.3, -0.25) is 9.67 Å². The van der Waals surface area contributed by atoms with Gasteiger partial charge in [-0.25, -0.2) is 9.37 Å². The number of hydrogen-bond donors (Lipinski definition) is 2. The van der Waals surface area contributed by atoms with Crippen LogP contribution in [-0.4, -0.2) is 19.7 Å². The van der Waals surface area contributed by atoms with Gasteiger partial charge in [-0.2, -0.15) is 5.10 Å². The molecule has 5 nitrogen and oxygen atoms in total. The van der Waals surface area contributed by atoms with E-state index in [1.165, 1.54) is 6.07 Å². The number of aromatic nitrogens is 4. The number of aromatic amines is 1. The number of halogens is 1. The molecule has 3 heterocycles. The molecule has 152 valence electrons. The van der Waals surface area contributed by atoms with E-state index in [4.69, 9.17) is 0 Å². The monoisotopic (exact) mass is 409 g/mol. The lowest BCUT2D eigenvalue weighted by molar-refractivity contribution is 0.619. The molecule has 2 aromatic carbocycles. The predicted molar refractivity (Wildman–Crippen MR) is 123 cm³/mol. The maximum absolute atomic E-state index is 15.2. The van der Waals surface area contributed by atoms with E-state index in [0.717, 1.165) is 38.7 Å².